The van der Waals surface area contributed by atoms with E-state index in [4.69, 9.17) is 0 Å². The Morgan fingerprint density at radius 2 is 2.11 bits per heavy atom. The molecule has 0 aliphatic carbocycles. The van der Waals surface area contributed by atoms with E-state index in [1.54, 1.807) is 10.9 Å². The Balaban J connectivity index is 2.27. The molecule has 0 unspecified atom stereocenters. The van der Waals surface area contributed by atoms with Crippen molar-refractivity contribution in [2.75, 3.05) is 7.05 Å². The number of aromatic nitrogens is 1. The molecule has 0 aliphatic rings. The van der Waals surface area contributed by atoms with Gasteiger partial charge in [0.25, 0.3) is 0 Å². The molecule has 0 amide bonds. The summed E-state index contributed by atoms with van der Waals surface area (Å²) in [4.78, 5) is 5.68. The molecule has 2 aromatic rings. The molecule has 0 saturated carbocycles. The van der Waals surface area contributed by atoms with E-state index in [0.29, 0.717) is 11.4 Å². The normalized spacial score (nSPS) is 12.2. The monoisotopic (exact) mass is 318 g/mol. The minimum absolute atomic E-state index is 0.185. The number of thiophene rings is 1. The summed E-state index contributed by atoms with van der Waals surface area (Å²) in [6.07, 6.45) is 0. The van der Waals surface area contributed by atoms with Crippen LogP contribution in [0.5, 0.6) is 0 Å². The van der Waals surface area contributed by atoms with Crippen LogP contribution in [-0.2, 0) is 23.2 Å². The van der Waals surface area contributed by atoms with Gasteiger partial charge in [-0.05, 0) is 18.4 Å². The van der Waals surface area contributed by atoms with Crippen molar-refractivity contribution in [2.24, 2.45) is 0 Å². The van der Waals surface area contributed by atoms with Crippen LogP contribution in [-0.4, -0.2) is 29.9 Å². The number of hydrogen-bond acceptors (Lipinski definition) is 6. The molecule has 1 N–H and O–H groups in total. The Morgan fingerprint density at radius 1 is 1.37 bits per heavy atom. The molecule has 0 aliphatic heterocycles. The zero-order chi connectivity index (χ0) is 14.0. The van der Waals surface area contributed by atoms with Crippen molar-refractivity contribution in [1.29, 1.82) is 0 Å². The van der Waals surface area contributed by atoms with Gasteiger partial charge in [-0.25, -0.2) is 13.4 Å². The minimum atomic E-state index is -3.57. The van der Waals surface area contributed by atoms with Gasteiger partial charge in [0, 0.05) is 23.3 Å². The fourth-order valence-electron chi connectivity index (χ4n) is 1.61. The molecule has 0 aromatic carbocycles. The van der Waals surface area contributed by atoms with E-state index in [2.05, 4.69) is 4.98 Å². The molecule has 0 spiro atoms. The van der Waals surface area contributed by atoms with E-state index in [0.717, 1.165) is 10.6 Å². The summed E-state index contributed by atoms with van der Waals surface area (Å²) in [6.45, 7) is 1.88. The summed E-state index contributed by atoms with van der Waals surface area (Å²) in [5.41, 5.74) is 2.55. The zero-order valence-corrected chi connectivity index (χ0v) is 13.0. The molecule has 2 rings (SSSR count). The third kappa shape index (κ3) is 2.87. The maximum atomic E-state index is 12.4. The van der Waals surface area contributed by atoms with Crippen LogP contribution in [0.1, 0.15) is 15.4 Å². The van der Waals surface area contributed by atoms with E-state index < -0.39 is 10.0 Å². The van der Waals surface area contributed by atoms with Gasteiger partial charge in [-0.15, -0.1) is 22.7 Å². The van der Waals surface area contributed by atoms with Crippen LogP contribution in [0.3, 0.4) is 0 Å². The highest BCUT2D eigenvalue weighted by molar-refractivity contribution is 7.89. The van der Waals surface area contributed by atoms with E-state index in [-0.39, 0.29) is 11.5 Å². The highest BCUT2D eigenvalue weighted by Gasteiger charge is 2.25. The van der Waals surface area contributed by atoms with Gasteiger partial charge in [-0.2, -0.15) is 4.31 Å². The highest BCUT2D eigenvalue weighted by Crippen LogP contribution is 2.26. The summed E-state index contributed by atoms with van der Waals surface area (Å²) >= 11 is 2.68. The fourth-order valence-corrected chi connectivity index (χ4v) is 4.92. The third-order valence-corrected chi connectivity index (χ3v) is 6.59. The summed E-state index contributed by atoms with van der Waals surface area (Å²) < 4.78 is 26.1. The van der Waals surface area contributed by atoms with Gasteiger partial charge in [0.05, 0.1) is 22.7 Å². The molecular formula is C11H14N2O3S3. The average Bonchev–Trinajstić information content (AvgIpc) is 2.98. The molecule has 0 atom stereocenters. The largest absolute Gasteiger partial charge is 0.391 e. The van der Waals surface area contributed by atoms with Gasteiger partial charge < -0.3 is 5.11 Å². The van der Waals surface area contributed by atoms with Crippen LogP contribution in [0, 0.1) is 6.92 Å². The Labute approximate surface area is 120 Å². The second kappa shape index (κ2) is 5.68. The first kappa shape index (κ1) is 14.6. The number of aliphatic hydroxyl groups is 1. The van der Waals surface area contributed by atoms with E-state index in [9.17, 15) is 13.5 Å². The van der Waals surface area contributed by atoms with Crippen molar-refractivity contribution in [3.05, 3.63) is 32.4 Å². The summed E-state index contributed by atoms with van der Waals surface area (Å²) in [5, 5.41) is 10.8. The standard InChI is InChI=1S/C11H14N2O3S3/c1-8-9(18-7-12-8)5-13(2)19(15,16)11-3-4-17-10(11)6-14/h3-4,7,14H,5-6H2,1-2H3. The van der Waals surface area contributed by atoms with Crippen molar-refractivity contribution in [1.82, 2.24) is 9.29 Å². The highest BCUT2D eigenvalue weighted by atomic mass is 32.2. The number of aryl methyl sites for hydroxylation is 1. The zero-order valence-electron chi connectivity index (χ0n) is 10.5. The molecule has 104 valence electrons. The van der Waals surface area contributed by atoms with Gasteiger partial charge >= 0.3 is 0 Å². The molecule has 5 nitrogen and oxygen atoms in total. The van der Waals surface area contributed by atoms with Crippen molar-refractivity contribution >= 4 is 32.7 Å². The van der Waals surface area contributed by atoms with Crippen LogP contribution in [0.2, 0.25) is 0 Å². The smallest absolute Gasteiger partial charge is 0.244 e. The van der Waals surface area contributed by atoms with Crippen molar-refractivity contribution in [2.45, 2.75) is 25.0 Å². The first-order valence-corrected chi connectivity index (χ1v) is 8.69. The first-order chi connectivity index (χ1) is 8.96. The summed E-state index contributed by atoms with van der Waals surface area (Å²) in [5.74, 6) is 0. The van der Waals surface area contributed by atoms with Crippen molar-refractivity contribution < 1.29 is 13.5 Å². The topological polar surface area (TPSA) is 70.5 Å². The molecule has 8 heteroatoms. The lowest BCUT2D eigenvalue weighted by Gasteiger charge is -2.16. The van der Waals surface area contributed by atoms with Crippen LogP contribution < -0.4 is 0 Å². The molecular weight excluding hydrogens is 304 g/mol. The van der Waals surface area contributed by atoms with E-state index >= 15 is 0 Å². The molecule has 2 heterocycles. The molecule has 19 heavy (non-hydrogen) atoms. The number of sulfonamides is 1. The van der Waals surface area contributed by atoms with Crippen LogP contribution in [0.4, 0.5) is 0 Å². The van der Waals surface area contributed by atoms with Crippen LogP contribution in [0.15, 0.2) is 21.9 Å². The second-order valence-electron chi connectivity index (χ2n) is 3.99. The Bertz CT molecular complexity index is 660. The quantitative estimate of drug-likeness (QED) is 0.913. The minimum Gasteiger partial charge on any atom is -0.391 e. The molecule has 0 fully saturated rings. The van der Waals surface area contributed by atoms with E-state index in [1.807, 2.05) is 6.92 Å². The van der Waals surface area contributed by atoms with Gasteiger partial charge in [0.1, 0.15) is 0 Å². The van der Waals surface area contributed by atoms with E-state index in [1.165, 1.54) is 40.1 Å². The third-order valence-electron chi connectivity index (χ3n) is 2.75. The van der Waals surface area contributed by atoms with Gasteiger partial charge in [-0.3, -0.25) is 0 Å². The number of thiazole rings is 1. The molecule has 0 radical (unpaired) electrons. The maximum absolute atomic E-state index is 12.4. The molecule has 2 aromatic heterocycles. The second-order valence-corrected chi connectivity index (χ2v) is 7.94. The summed E-state index contributed by atoms with van der Waals surface area (Å²) in [7, 11) is -2.03. The van der Waals surface area contributed by atoms with Crippen LogP contribution in [0.25, 0.3) is 0 Å². The number of nitrogens with zero attached hydrogens (tertiary/aromatic N) is 2. The lowest BCUT2D eigenvalue weighted by Crippen LogP contribution is -2.26. The van der Waals surface area contributed by atoms with Gasteiger partial charge in [0.2, 0.25) is 10.0 Å². The average molecular weight is 318 g/mol. The van der Waals surface area contributed by atoms with Crippen molar-refractivity contribution in [3.8, 4) is 0 Å². The Kier molecular flexibility index (Phi) is 4.36. The molecule has 0 bridgehead atoms. The van der Waals surface area contributed by atoms with Gasteiger partial charge in [-0.1, -0.05) is 0 Å². The first-order valence-electron chi connectivity index (χ1n) is 5.49. The van der Waals surface area contributed by atoms with Crippen molar-refractivity contribution in [3.63, 3.8) is 0 Å². The number of aliphatic hydroxyl groups excluding tert-OH is 1. The lowest BCUT2D eigenvalue weighted by atomic mass is 10.4. The fraction of sp³-hybridized carbons (Fsp3) is 0.364. The SMILES string of the molecule is Cc1ncsc1CN(C)S(=O)(=O)c1ccsc1CO. The summed E-state index contributed by atoms with van der Waals surface area (Å²) in [6, 6.07) is 1.53. The number of rotatable bonds is 5. The lowest BCUT2D eigenvalue weighted by molar-refractivity contribution is 0.282. The van der Waals surface area contributed by atoms with Crippen LogP contribution >= 0.6 is 22.7 Å². The Morgan fingerprint density at radius 3 is 2.68 bits per heavy atom. The predicted molar refractivity (Wildman–Crippen MR) is 75.7 cm³/mol. The molecule has 0 saturated heterocycles. The number of hydrogen-bond donors (Lipinski definition) is 1. The van der Waals surface area contributed by atoms with Gasteiger partial charge in [0.15, 0.2) is 0 Å². The predicted octanol–water partition coefficient (Wildman–Crippen LogP) is 1.83. The Hall–Kier alpha value is -0.800. The maximum Gasteiger partial charge on any atom is 0.244 e.